The molecule has 3 rings (SSSR count). The maximum atomic E-state index is 13.1. The summed E-state index contributed by atoms with van der Waals surface area (Å²) in [4.78, 5) is 3.73. The van der Waals surface area contributed by atoms with Crippen molar-refractivity contribution in [2.45, 2.75) is 32.1 Å². The van der Waals surface area contributed by atoms with E-state index in [0.717, 1.165) is 30.6 Å². The Morgan fingerprint density at radius 2 is 2.10 bits per heavy atom. The fourth-order valence-corrected chi connectivity index (χ4v) is 3.01. The molecule has 2 N–H and O–H groups in total. The van der Waals surface area contributed by atoms with Crippen molar-refractivity contribution in [3.8, 4) is 11.5 Å². The number of ether oxygens (including phenoxy) is 2. The van der Waals surface area contributed by atoms with Crippen LogP contribution in [0.4, 0.5) is 13.2 Å². The van der Waals surface area contributed by atoms with Crippen molar-refractivity contribution in [2.24, 2.45) is 0 Å². The molecule has 1 aromatic heterocycles. The van der Waals surface area contributed by atoms with Crippen LogP contribution in [0.1, 0.15) is 30.5 Å². The Morgan fingerprint density at radius 1 is 1.31 bits per heavy atom. The standard InChI is InChI=1S/C20H22BF3N3O2/c1-19(2,12-29-16-11-25-7-6-15(16)20(22,23)24)27-18(21)14-5-3-4-13-10-26-8-9-28-17(13)14/h3-7,11,26-27H,8-10,12H2,1-2H3. The summed E-state index contributed by atoms with van der Waals surface area (Å²) >= 11 is 0. The van der Waals surface area contributed by atoms with Gasteiger partial charge in [-0.05, 0) is 0 Å². The van der Waals surface area contributed by atoms with E-state index in [4.69, 9.17) is 17.0 Å². The molecule has 0 saturated heterocycles. The van der Waals surface area contributed by atoms with Gasteiger partial charge >= 0.3 is 168 Å². The van der Waals surface area contributed by atoms with Crippen molar-refractivity contribution >= 4 is 13.1 Å². The number of nitrogens with zero attached hydrogens (tertiary/aromatic N) is 1. The van der Waals surface area contributed by atoms with Crippen molar-refractivity contribution in [3.63, 3.8) is 0 Å². The second kappa shape index (κ2) is 8.45. The molecule has 0 fully saturated rings. The molecule has 5 nitrogen and oxygen atoms in total. The number of benzene rings is 1. The molecule has 1 radical (unpaired) electrons. The molecule has 9 heteroatoms. The zero-order valence-corrected chi connectivity index (χ0v) is 16.3. The van der Waals surface area contributed by atoms with Crippen molar-refractivity contribution < 1.29 is 22.6 Å². The van der Waals surface area contributed by atoms with E-state index in [1.165, 1.54) is 0 Å². The number of alkyl halides is 3. The molecule has 0 aliphatic carbocycles. The zero-order valence-electron chi connectivity index (χ0n) is 16.3. The van der Waals surface area contributed by atoms with Crippen LogP contribution in [-0.2, 0) is 12.7 Å². The molecule has 0 unspecified atom stereocenters. The Hall–Kier alpha value is -2.55. The Labute approximate surface area is 168 Å². The number of nitrogens with one attached hydrogen (secondary N) is 2. The number of aromatic nitrogens is 1. The van der Waals surface area contributed by atoms with Crippen LogP contribution in [0.3, 0.4) is 0 Å². The van der Waals surface area contributed by atoms with Crippen LogP contribution in [0, 0.1) is 0 Å². The van der Waals surface area contributed by atoms with Crippen LogP contribution in [-0.4, -0.2) is 43.4 Å². The number of hydrogen-bond donors (Lipinski definition) is 2. The van der Waals surface area contributed by atoms with Gasteiger partial charge in [0, 0.05) is 0 Å². The Kier molecular flexibility index (Phi) is 6.17. The third kappa shape index (κ3) is 5.29. The second-order valence-electron chi connectivity index (χ2n) is 7.40. The third-order valence-electron chi connectivity index (χ3n) is 4.38. The average Bonchev–Trinajstić information content (AvgIpc) is 2.91. The molecule has 1 aliphatic rings. The molecular formula is C20H22BF3N3O2. The number of para-hydroxylation sites is 1. The normalized spacial score (nSPS) is 14.3. The SMILES string of the molecule is [B]=C(NC(C)(C)COc1cnccc1C(F)(F)F)c1cccc2c1OCCNC2. The van der Waals surface area contributed by atoms with Gasteiger partial charge in [0.2, 0.25) is 0 Å². The number of pyridine rings is 1. The zero-order chi connectivity index (χ0) is 21.1. The van der Waals surface area contributed by atoms with Crippen LogP contribution < -0.4 is 20.1 Å². The first-order valence-corrected chi connectivity index (χ1v) is 9.18. The van der Waals surface area contributed by atoms with Gasteiger partial charge in [-0.2, -0.15) is 0 Å². The van der Waals surface area contributed by atoms with Crippen molar-refractivity contribution in [2.75, 3.05) is 19.8 Å². The maximum absolute atomic E-state index is 13.1. The van der Waals surface area contributed by atoms with Crippen molar-refractivity contribution in [1.29, 1.82) is 0 Å². The number of fused-ring (bicyclic) bond motifs is 1. The quantitative estimate of drug-likeness (QED) is 0.726. The number of halogens is 3. The molecule has 0 saturated carbocycles. The van der Waals surface area contributed by atoms with E-state index in [-0.39, 0.29) is 12.4 Å². The molecule has 0 atom stereocenters. The summed E-state index contributed by atoms with van der Waals surface area (Å²) in [6.45, 7) is 5.43. The van der Waals surface area contributed by atoms with E-state index in [0.29, 0.717) is 30.1 Å². The van der Waals surface area contributed by atoms with E-state index in [2.05, 4.69) is 15.6 Å². The molecule has 1 aliphatic heterocycles. The summed E-state index contributed by atoms with van der Waals surface area (Å²) in [5.41, 5.74) is 0.434. The average molecular weight is 404 g/mol. The summed E-state index contributed by atoms with van der Waals surface area (Å²) in [5.74, 6) is 0.377. The fraction of sp³-hybridized carbons (Fsp3) is 0.400. The molecule has 1 aromatic carbocycles. The summed E-state index contributed by atoms with van der Waals surface area (Å²) in [7, 11) is 6.28. The Balaban J connectivity index is 1.72. The van der Waals surface area contributed by atoms with Crippen molar-refractivity contribution in [1.82, 2.24) is 15.6 Å². The first-order chi connectivity index (χ1) is 13.7. The third-order valence-corrected chi connectivity index (χ3v) is 4.38. The monoisotopic (exact) mass is 404 g/mol. The molecule has 2 heterocycles. The summed E-state index contributed by atoms with van der Waals surface area (Å²) in [5, 5.41) is 6.40. The predicted octanol–water partition coefficient (Wildman–Crippen LogP) is 2.68. The van der Waals surface area contributed by atoms with Gasteiger partial charge < -0.3 is 0 Å². The second-order valence-corrected chi connectivity index (χ2v) is 7.40. The van der Waals surface area contributed by atoms with Gasteiger partial charge in [0.1, 0.15) is 0 Å². The van der Waals surface area contributed by atoms with Gasteiger partial charge in [-0.15, -0.1) is 0 Å². The molecule has 0 bridgehead atoms. The minimum atomic E-state index is -4.52. The molecule has 0 spiro atoms. The van der Waals surface area contributed by atoms with Gasteiger partial charge in [-0.25, -0.2) is 0 Å². The molecule has 2 aromatic rings. The number of hydrogen-bond acceptors (Lipinski definition) is 5. The van der Waals surface area contributed by atoms with Gasteiger partial charge in [0.05, 0.1) is 0 Å². The van der Waals surface area contributed by atoms with Gasteiger partial charge in [-0.1, -0.05) is 0 Å². The summed E-state index contributed by atoms with van der Waals surface area (Å²) in [6.07, 6.45) is -2.38. The van der Waals surface area contributed by atoms with Crippen LogP contribution in [0.2, 0.25) is 0 Å². The Bertz CT molecular complexity index is 888. The summed E-state index contributed by atoms with van der Waals surface area (Å²) < 4.78 is 50.7. The van der Waals surface area contributed by atoms with Gasteiger partial charge in [-0.3, -0.25) is 0 Å². The topological polar surface area (TPSA) is 55.4 Å². The first kappa shape index (κ1) is 21.2. The minimum absolute atomic E-state index is 0.0556. The molecule has 29 heavy (non-hydrogen) atoms. The molecular weight excluding hydrogens is 382 g/mol. The van der Waals surface area contributed by atoms with Crippen LogP contribution in [0.15, 0.2) is 36.7 Å². The first-order valence-electron chi connectivity index (χ1n) is 9.18. The predicted molar refractivity (Wildman–Crippen MR) is 105 cm³/mol. The van der Waals surface area contributed by atoms with Crippen LogP contribution >= 0.6 is 0 Å². The van der Waals surface area contributed by atoms with E-state index < -0.39 is 17.3 Å². The number of rotatable bonds is 6. The fourth-order valence-electron chi connectivity index (χ4n) is 3.01. The Morgan fingerprint density at radius 3 is 2.86 bits per heavy atom. The van der Waals surface area contributed by atoms with E-state index in [1.54, 1.807) is 13.8 Å². The van der Waals surface area contributed by atoms with E-state index >= 15 is 0 Å². The molecule has 153 valence electrons. The van der Waals surface area contributed by atoms with Crippen LogP contribution in [0.25, 0.3) is 0 Å². The van der Waals surface area contributed by atoms with Crippen molar-refractivity contribution in [3.05, 3.63) is 53.3 Å². The summed E-state index contributed by atoms with van der Waals surface area (Å²) in [6, 6.07) is 6.57. The van der Waals surface area contributed by atoms with Gasteiger partial charge in [0.25, 0.3) is 0 Å². The molecule has 0 amide bonds. The van der Waals surface area contributed by atoms with E-state index in [1.807, 2.05) is 18.2 Å². The van der Waals surface area contributed by atoms with Gasteiger partial charge in [0.15, 0.2) is 0 Å². The van der Waals surface area contributed by atoms with Crippen LogP contribution in [0.5, 0.6) is 11.5 Å². The van der Waals surface area contributed by atoms with E-state index in [9.17, 15) is 13.2 Å².